The number of hydrogen-bond acceptors (Lipinski definition) is 4. The molecule has 0 aromatic carbocycles. The maximum absolute atomic E-state index is 12.3. The van der Waals surface area contributed by atoms with E-state index in [-0.39, 0.29) is 0 Å². The van der Waals surface area contributed by atoms with Crippen LogP contribution in [0, 0.1) is 0 Å². The summed E-state index contributed by atoms with van der Waals surface area (Å²) in [7, 11) is -3.58. The first-order valence-corrected chi connectivity index (χ1v) is 8.16. The lowest BCUT2D eigenvalue weighted by molar-refractivity contribution is -0.140. The van der Waals surface area contributed by atoms with Gasteiger partial charge in [0, 0.05) is 31.1 Å². The zero-order chi connectivity index (χ0) is 12.5. The van der Waals surface area contributed by atoms with E-state index in [0.29, 0.717) is 31.1 Å². The Morgan fingerprint density at radius 3 is 2.47 bits per heavy atom. The minimum absolute atomic E-state index is 0.292. The Kier molecular flexibility index (Phi) is 3.96. The SMILES string of the molecule is O=C(O)C1CSCCN1S(=O)(=O)N1CCCC1. The number of carbonyl (C=O) groups is 1. The highest BCUT2D eigenvalue weighted by molar-refractivity contribution is 7.99. The summed E-state index contributed by atoms with van der Waals surface area (Å²) in [5.74, 6) is -0.0563. The smallest absolute Gasteiger partial charge is 0.322 e. The average molecular weight is 280 g/mol. The molecule has 1 unspecified atom stereocenters. The highest BCUT2D eigenvalue weighted by Gasteiger charge is 2.40. The van der Waals surface area contributed by atoms with Gasteiger partial charge in [-0.15, -0.1) is 0 Å². The number of thioether (sulfide) groups is 1. The predicted octanol–water partition coefficient (Wildman–Crippen LogP) is -0.171. The summed E-state index contributed by atoms with van der Waals surface area (Å²) >= 11 is 1.49. The fourth-order valence-corrected chi connectivity index (χ4v) is 5.20. The van der Waals surface area contributed by atoms with E-state index in [1.165, 1.54) is 16.1 Å². The molecule has 0 radical (unpaired) electrons. The van der Waals surface area contributed by atoms with Gasteiger partial charge in [0.25, 0.3) is 10.2 Å². The van der Waals surface area contributed by atoms with Crippen LogP contribution in [0.2, 0.25) is 0 Å². The standard InChI is InChI=1S/C9H16N2O4S2/c12-9(13)8-7-16-6-5-11(8)17(14,15)10-3-1-2-4-10/h8H,1-7H2,(H,12,13). The maximum Gasteiger partial charge on any atom is 0.322 e. The molecule has 0 saturated carbocycles. The first-order chi connectivity index (χ1) is 8.03. The number of aliphatic carboxylic acids is 1. The lowest BCUT2D eigenvalue weighted by Crippen LogP contribution is -2.54. The molecule has 2 rings (SSSR count). The summed E-state index contributed by atoms with van der Waals surface area (Å²) in [6.07, 6.45) is 1.72. The summed E-state index contributed by atoms with van der Waals surface area (Å²) in [6, 6.07) is -0.917. The van der Waals surface area contributed by atoms with Crippen molar-refractivity contribution in [2.75, 3.05) is 31.1 Å². The van der Waals surface area contributed by atoms with Crippen molar-refractivity contribution in [2.45, 2.75) is 18.9 Å². The Labute approximate surface area is 105 Å². The Balaban J connectivity index is 2.20. The van der Waals surface area contributed by atoms with Crippen molar-refractivity contribution in [3.63, 3.8) is 0 Å². The fraction of sp³-hybridized carbons (Fsp3) is 0.889. The highest BCUT2D eigenvalue weighted by atomic mass is 32.2. The van der Waals surface area contributed by atoms with Crippen molar-refractivity contribution in [1.29, 1.82) is 0 Å². The zero-order valence-electron chi connectivity index (χ0n) is 9.41. The van der Waals surface area contributed by atoms with E-state index in [4.69, 9.17) is 5.11 Å². The normalized spacial score (nSPS) is 28.4. The Morgan fingerprint density at radius 2 is 1.88 bits per heavy atom. The molecular weight excluding hydrogens is 264 g/mol. The largest absolute Gasteiger partial charge is 0.480 e. The summed E-state index contributed by atoms with van der Waals surface area (Å²) in [6.45, 7) is 1.32. The zero-order valence-corrected chi connectivity index (χ0v) is 11.0. The third-order valence-electron chi connectivity index (χ3n) is 3.05. The minimum Gasteiger partial charge on any atom is -0.480 e. The lowest BCUT2D eigenvalue weighted by atomic mass is 10.3. The molecule has 1 N–H and O–H groups in total. The van der Waals surface area contributed by atoms with Gasteiger partial charge in [0.1, 0.15) is 6.04 Å². The summed E-state index contributed by atoms with van der Waals surface area (Å²) in [5.41, 5.74) is 0. The van der Waals surface area contributed by atoms with Crippen LogP contribution in [-0.2, 0) is 15.0 Å². The minimum atomic E-state index is -3.58. The summed E-state index contributed by atoms with van der Waals surface area (Å²) in [4.78, 5) is 11.1. The molecule has 2 fully saturated rings. The molecule has 2 saturated heterocycles. The van der Waals surface area contributed by atoms with E-state index in [1.54, 1.807) is 0 Å². The van der Waals surface area contributed by atoms with Crippen molar-refractivity contribution >= 4 is 27.9 Å². The molecule has 1 atom stereocenters. The monoisotopic (exact) mass is 280 g/mol. The van der Waals surface area contributed by atoms with Crippen LogP contribution in [0.5, 0.6) is 0 Å². The van der Waals surface area contributed by atoms with Crippen LogP contribution in [0.25, 0.3) is 0 Å². The molecule has 17 heavy (non-hydrogen) atoms. The van der Waals surface area contributed by atoms with E-state index in [0.717, 1.165) is 17.1 Å². The van der Waals surface area contributed by atoms with Crippen molar-refractivity contribution in [1.82, 2.24) is 8.61 Å². The van der Waals surface area contributed by atoms with Crippen LogP contribution >= 0.6 is 11.8 Å². The van der Waals surface area contributed by atoms with E-state index >= 15 is 0 Å². The molecule has 0 aliphatic carbocycles. The van der Waals surface area contributed by atoms with Gasteiger partial charge in [0.05, 0.1) is 0 Å². The topological polar surface area (TPSA) is 77.9 Å². The van der Waals surface area contributed by atoms with Crippen LogP contribution in [0.1, 0.15) is 12.8 Å². The van der Waals surface area contributed by atoms with Crippen LogP contribution in [0.3, 0.4) is 0 Å². The van der Waals surface area contributed by atoms with Gasteiger partial charge in [0.2, 0.25) is 0 Å². The van der Waals surface area contributed by atoms with Gasteiger partial charge in [-0.1, -0.05) is 0 Å². The predicted molar refractivity (Wildman–Crippen MR) is 65.2 cm³/mol. The Hall–Kier alpha value is -0.310. The van der Waals surface area contributed by atoms with Gasteiger partial charge in [-0.3, -0.25) is 4.79 Å². The van der Waals surface area contributed by atoms with Crippen molar-refractivity contribution in [3.8, 4) is 0 Å². The quantitative estimate of drug-likeness (QED) is 0.776. The van der Waals surface area contributed by atoms with Gasteiger partial charge in [-0.2, -0.15) is 28.8 Å². The van der Waals surface area contributed by atoms with Crippen LogP contribution in [0.4, 0.5) is 0 Å². The molecule has 6 nitrogen and oxygen atoms in total. The van der Waals surface area contributed by atoms with E-state index < -0.39 is 22.2 Å². The number of carboxylic acid groups (broad SMARTS) is 1. The van der Waals surface area contributed by atoms with Crippen molar-refractivity contribution < 1.29 is 18.3 Å². The molecule has 2 aliphatic heterocycles. The van der Waals surface area contributed by atoms with Gasteiger partial charge in [-0.25, -0.2) is 0 Å². The van der Waals surface area contributed by atoms with Crippen LogP contribution < -0.4 is 0 Å². The van der Waals surface area contributed by atoms with Crippen molar-refractivity contribution in [3.05, 3.63) is 0 Å². The van der Waals surface area contributed by atoms with Crippen LogP contribution in [-0.4, -0.2) is 65.3 Å². The number of hydrogen-bond donors (Lipinski definition) is 1. The number of carboxylic acids is 1. The lowest BCUT2D eigenvalue weighted by Gasteiger charge is -2.34. The van der Waals surface area contributed by atoms with Gasteiger partial charge in [-0.05, 0) is 12.8 Å². The van der Waals surface area contributed by atoms with E-state index in [9.17, 15) is 13.2 Å². The molecule has 0 aromatic heterocycles. The molecular formula is C9H16N2O4S2. The van der Waals surface area contributed by atoms with Gasteiger partial charge < -0.3 is 5.11 Å². The van der Waals surface area contributed by atoms with E-state index in [2.05, 4.69) is 0 Å². The molecule has 0 bridgehead atoms. The number of nitrogens with zero attached hydrogens (tertiary/aromatic N) is 2. The third kappa shape index (κ3) is 2.59. The second-order valence-corrected chi connectivity index (χ2v) is 7.18. The molecule has 2 aliphatic rings. The molecule has 8 heteroatoms. The maximum atomic E-state index is 12.3. The Morgan fingerprint density at radius 1 is 1.24 bits per heavy atom. The molecule has 0 spiro atoms. The first-order valence-electron chi connectivity index (χ1n) is 5.61. The summed E-state index contributed by atoms with van der Waals surface area (Å²) < 4.78 is 27.1. The Bertz CT molecular complexity index is 392. The molecule has 2 heterocycles. The molecule has 98 valence electrons. The fourth-order valence-electron chi connectivity index (χ4n) is 2.13. The molecule has 0 aromatic rings. The van der Waals surface area contributed by atoms with Crippen LogP contribution in [0.15, 0.2) is 0 Å². The molecule has 0 amide bonds. The summed E-state index contributed by atoms with van der Waals surface area (Å²) in [5, 5.41) is 9.08. The highest BCUT2D eigenvalue weighted by Crippen LogP contribution is 2.24. The van der Waals surface area contributed by atoms with Gasteiger partial charge in [0.15, 0.2) is 0 Å². The second kappa shape index (κ2) is 5.13. The van der Waals surface area contributed by atoms with Crippen molar-refractivity contribution in [2.24, 2.45) is 0 Å². The first kappa shape index (κ1) is 13.1. The average Bonchev–Trinajstić information content (AvgIpc) is 2.83. The second-order valence-electron chi connectivity index (χ2n) is 4.15. The van der Waals surface area contributed by atoms with E-state index in [1.807, 2.05) is 0 Å². The van der Waals surface area contributed by atoms with Gasteiger partial charge >= 0.3 is 5.97 Å². The third-order valence-corrected chi connectivity index (χ3v) is 6.12. The number of rotatable bonds is 3.